The summed E-state index contributed by atoms with van der Waals surface area (Å²) < 4.78 is 5.61. The van der Waals surface area contributed by atoms with Crippen LogP contribution in [-0.2, 0) is 6.42 Å². The number of nitrogens with one attached hydrogen (secondary N) is 1. The molecule has 0 spiro atoms. The van der Waals surface area contributed by atoms with Crippen molar-refractivity contribution in [3.8, 4) is 11.8 Å². The van der Waals surface area contributed by atoms with Crippen molar-refractivity contribution in [1.82, 2.24) is 0 Å². The van der Waals surface area contributed by atoms with E-state index < -0.39 is 0 Å². The van der Waals surface area contributed by atoms with E-state index in [0.29, 0.717) is 12.1 Å². The lowest BCUT2D eigenvalue weighted by molar-refractivity contribution is 0.242. The van der Waals surface area contributed by atoms with Gasteiger partial charge >= 0.3 is 0 Å². The van der Waals surface area contributed by atoms with E-state index in [2.05, 4.69) is 11.4 Å². The van der Waals surface area contributed by atoms with Gasteiger partial charge in [0.25, 0.3) is 0 Å². The van der Waals surface area contributed by atoms with E-state index in [1.165, 1.54) is 0 Å². The van der Waals surface area contributed by atoms with Crippen LogP contribution in [0, 0.1) is 11.3 Å². The Hall–Kier alpha value is -2.67. The summed E-state index contributed by atoms with van der Waals surface area (Å²) in [5.74, 6) is 0.845. The van der Waals surface area contributed by atoms with Crippen molar-refractivity contribution >= 4 is 17.1 Å². The molecule has 0 saturated heterocycles. The number of hydrogen-bond acceptors (Lipinski definition) is 4. The maximum Gasteiger partial charge on any atom is 0.119 e. The molecule has 0 aliphatic carbocycles. The standard InChI is InChI=1S/C17H19N3O/c1-12(2)21-16-6-3-14(4-7-16)20-15-5-8-17(19)13(11-15)9-10-18/h3-8,11-12,20H,9,19H2,1-2H3. The van der Waals surface area contributed by atoms with Crippen LogP contribution < -0.4 is 15.8 Å². The van der Waals surface area contributed by atoms with Gasteiger partial charge in [-0.1, -0.05) is 0 Å². The minimum absolute atomic E-state index is 0.162. The number of rotatable bonds is 5. The zero-order valence-electron chi connectivity index (χ0n) is 12.3. The first-order valence-electron chi connectivity index (χ1n) is 6.87. The minimum atomic E-state index is 0.162. The number of nitrogens with two attached hydrogens (primary N) is 1. The van der Waals surface area contributed by atoms with Crippen molar-refractivity contribution < 1.29 is 4.74 Å². The van der Waals surface area contributed by atoms with Gasteiger partial charge in [0, 0.05) is 17.1 Å². The van der Waals surface area contributed by atoms with Crippen LogP contribution in [0.5, 0.6) is 5.75 Å². The van der Waals surface area contributed by atoms with Crippen LogP contribution in [0.4, 0.5) is 17.1 Å². The molecule has 2 rings (SSSR count). The van der Waals surface area contributed by atoms with Crippen LogP contribution in [0.1, 0.15) is 19.4 Å². The zero-order chi connectivity index (χ0) is 15.2. The second-order valence-corrected chi connectivity index (χ2v) is 5.06. The molecule has 0 aliphatic heterocycles. The highest BCUT2D eigenvalue weighted by atomic mass is 16.5. The van der Waals surface area contributed by atoms with E-state index in [-0.39, 0.29) is 6.10 Å². The van der Waals surface area contributed by atoms with Crippen molar-refractivity contribution in [2.24, 2.45) is 0 Å². The van der Waals surface area contributed by atoms with Crippen LogP contribution in [-0.4, -0.2) is 6.10 Å². The molecule has 0 amide bonds. The van der Waals surface area contributed by atoms with Crippen molar-refractivity contribution in [3.05, 3.63) is 48.0 Å². The Bertz CT molecular complexity index is 642. The number of ether oxygens (including phenoxy) is 1. The molecule has 21 heavy (non-hydrogen) atoms. The average molecular weight is 281 g/mol. The lowest BCUT2D eigenvalue weighted by Gasteiger charge is -2.12. The van der Waals surface area contributed by atoms with Crippen LogP contribution in [0.25, 0.3) is 0 Å². The van der Waals surface area contributed by atoms with Gasteiger partial charge in [-0.25, -0.2) is 0 Å². The van der Waals surface area contributed by atoms with Crippen molar-refractivity contribution in [1.29, 1.82) is 5.26 Å². The monoisotopic (exact) mass is 281 g/mol. The van der Waals surface area contributed by atoms with E-state index in [9.17, 15) is 0 Å². The second kappa shape index (κ2) is 6.67. The molecule has 0 unspecified atom stereocenters. The molecule has 0 bridgehead atoms. The largest absolute Gasteiger partial charge is 0.491 e. The van der Waals surface area contributed by atoms with Crippen LogP contribution in [0.3, 0.4) is 0 Å². The van der Waals surface area contributed by atoms with E-state index in [0.717, 1.165) is 22.7 Å². The third-order valence-corrected chi connectivity index (χ3v) is 2.93. The first kappa shape index (κ1) is 14.7. The fourth-order valence-corrected chi connectivity index (χ4v) is 1.98. The number of hydrogen-bond donors (Lipinski definition) is 2. The lowest BCUT2D eigenvalue weighted by atomic mass is 10.1. The average Bonchev–Trinajstić information content (AvgIpc) is 2.44. The van der Waals surface area contributed by atoms with Gasteiger partial charge in [0.1, 0.15) is 5.75 Å². The van der Waals surface area contributed by atoms with Crippen LogP contribution >= 0.6 is 0 Å². The van der Waals surface area contributed by atoms with Crippen molar-refractivity contribution in [3.63, 3.8) is 0 Å². The number of nitriles is 1. The molecule has 3 N–H and O–H groups in total. The molecule has 4 nitrogen and oxygen atoms in total. The van der Waals surface area contributed by atoms with Crippen molar-refractivity contribution in [2.75, 3.05) is 11.1 Å². The Morgan fingerprint density at radius 2 is 1.81 bits per heavy atom. The Morgan fingerprint density at radius 1 is 1.14 bits per heavy atom. The Morgan fingerprint density at radius 3 is 2.43 bits per heavy atom. The van der Waals surface area contributed by atoms with Gasteiger partial charge in [-0.15, -0.1) is 0 Å². The van der Waals surface area contributed by atoms with Gasteiger partial charge in [-0.3, -0.25) is 0 Å². The highest BCUT2D eigenvalue weighted by Crippen LogP contribution is 2.23. The maximum atomic E-state index is 8.79. The molecule has 0 radical (unpaired) electrons. The summed E-state index contributed by atoms with van der Waals surface area (Å²) in [5, 5.41) is 12.1. The fraction of sp³-hybridized carbons (Fsp3) is 0.235. The molecule has 0 aliphatic rings. The topological polar surface area (TPSA) is 71.1 Å². The molecule has 0 aromatic heterocycles. The Balaban J connectivity index is 2.11. The summed E-state index contributed by atoms with van der Waals surface area (Å²) in [5.41, 5.74) is 9.18. The quantitative estimate of drug-likeness (QED) is 0.816. The third-order valence-electron chi connectivity index (χ3n) is 2.93. The summed E-state index contributed by atoms with van der Waals surface area (Å²) in [6, 6.07) is 15.5. The molecule has 0 saturated carbocycles. The van der Waals surface area contributed by atoms with Gasteiger partial charge in [0.15, 0.2) is 0 Å². The SMILES string of the molecule is CC(C)Oc1ccc(Nc2ccc(N)c(CC#N)c2)cc1. The normalized spacial score (nSPS) is 10.2. The molecule has 0 atom stereocenters. The number of benzene rings is 2. The summed E-state index contributed by atoms with van der Waals surface area (Å²) in [4.78, 5) is 0. The molecule has 0 heterocycles. The molecule has 108 valence electrons. The fourth-order valence-electron chi connectivity index (χ4n) is 1.98. The smallest absolute Gasteiger partial charge is 0.119 e. The van der Waals surface area contributed by atoms with Gasteiger partial charge in [-0.2, -0.15) is 5.26 Å². The van der Waals surface area contributed by atoms with Crippen LogP contribution in [0.2, 0.25) is 0 Å². The van der Waals surface area contributed by atoms with Gasteiger partial charge in [0.2, 0.25) is 0 Å². The van der Waals surface area contributed by atoms with Crippen LogP contribution in [0.15, 0.2) is 42.5 Å². The third kappa shape index (κ3) is 4.15. The molecule has 2 aromatic rings. The Kier molecular flexibility index (Phi) is 4.68. The lowest BCUT2D eigenvalue weighted by Crippen LogP contribution is -2.05. The second-order valence-electron chi connectivity index (χ2n) is 5.06. The minimum Gasteiger partial charge on any atom is -0.491 e. The van der Waals surface area contributed by atoms with E-state index in [4.69, 9.17) is 15.7 Å². The van der Waals surface area contributed by atoms with Gasteiger partial charge in [0.05, 0.1) is 18.6 Å². The zero-order valence-corrected chi connectivity index (χ0v) is 12.3. The van der Waals surface area contributed by atoms with Crippen molar-refractivity contribution in [2.45, 2.75) is 26.4 Å². The molecular formula is C17H19N3O. The van der Waals surface area contributed by atoms with E-state index >= 15 is 0 Å². The molecular weight excluding hydrogens is 262 g/mol. The summed E-state index contributed by atoms with van der Waals surface area (Å²) in [6.45, 7) is 3.99. The predicted molar refractivity (Wildman–Crippen MR) is 85.7 cm³/mol. The first-order chi connectivity index (χ1) is 10.1. The first-order valence-corrected chi connectivity index (χ1v) is 6.87. The Labute approximate surface area is 125 Å². The molecule has 0 fully saturated rings. The number of nitrogen functional groups attached to an aromatic ring is 1. The summed E-state index contributed by atoms with van der Waals surface area (Å²) in [6.07, 6.45) is 0.470. The summed E-state index contributed by atoms with van der Waals surface area (Å²) >= 11 is 0. The van der Waals surface area contributed by atoms with E-state index in [1.54, 1.807) is 0 Å². The highest BCUT2D eigenvalue weighted by molar-refractivity contribution is 5.65. The van der Waals surface area contributed by atoms with E-state index in [1.807, 2.05) is 56.3 Å². The maximum absolute atomic E-state index is 8.79. The highest BCUT2D eigenvalue weighted by Gasteiger charge is 2.02. The molecule has 2 aromatic carbocycles. The number of anilines is 3. The van der Waals surface area contributed by atoms with Gasteiger partial charge in [-0.05, 0) is 61.9 Å². The van der Waals surface area contributed by atoms with Gasteiger partial charge < -0.3 is 15.8 Å². The molecule has 4 heteroatoms. The predicted octanol–water partition coefficient (Wildman–Crippen LogP) is 3.87. The number of nitrogens with zero attached hydrogens (tertiary/aromatic N) is 1. The summed E-state index contributed by atoms with van der Waals surface area (Å²) in [7, 11) is 0.